The van der Waals surface area contributed by atoms with Gasteiger partial charge in [0.15, 0.2) is 0 Å². The lowest BCUT2D eigenvalue weighted by Crippen LogP contribution is -2.37. The van der Waals surface area contributed by atoms with Crippen molar-refractivity contribution >= 4 is 17.3 Å². The van der Waals surface area contributed by atoms with E-state index >= 15 is 0 Å². The number of carbonyl (C=O) groups is 1. The molecule has 1 heterocycles. The van der Waals surface area contributed by atoms with Gasteiger partial charge in [0.1, 0.15) is 0 Å². The Bertz CT molecular complexity index is 434. The normalized spacial score (nSPS) is 23.0. The average Bonchev–Trinajstić information content (AvgIpc) is 2.86. The van der Waals surface area contributed by atoms with E-state index in [9.17, 15) is 4.79 Å². The van der Waals surface area contributed by atoms with Crippen LogP contribution in [0.3, 0.4) is 0 Å². The summed E-state index contributed by atoms with van der Waals surface area (Å²) in [6.07, 6.45) is 1.72. The highest BCUT2D eigenvalue weighted by Gasteiger charge is 2.35. The fraction of sp³-hybridized carbons (Fsp3) is 0.500. The molecule has 1 fully saturated rings. The molecule has 0 saturated carbocycles. The van der Waals surface area contributed by atoms with Crippen LogP contribution in [0.1, 0.15) is 19.8 Å². The first-order chi connectivity index (χ1) is 8.65. The average molecular weight is 248 g/mol. The van der Waals surface area contributed by atoms with E-state index in [-0.39, 0.29) is 17.9 Å². The van der Waals surface area contributed by atoms with Crippen LogP contribution in [-0.4, -0.2) is 25.7 Å². The zero-order chi connectivity index (χ0) is 13.1. The fourth-order valence-electron chi connectivity index (χ4n) is 2.49. The summed E-state index contributed by atoms with van der Waals surface area (Å²) in [6.45, 7) is 2.72. The van der Waals surface area contributed by atoms with E-state index in [1.165, 1.54) is 0 Å². The number of anilines is 2. The van der Waals surface area contributed by atoms with E-state index in [1.807, 2.05) is 31.2 Å². The van der Waals surface area contributed by atoms with Gasteiger partial charge in [-0.25, -0.2) is 0 Å². The zero-order valence-corrected chi connectivity index (χ0v) is 10.9. The maximum absolute atomic E-state index is 12.5. The van der Waals surface area contributed by atoms with Gasteiger partial charge in [0.2, 0.25) is 5.91 Å². The minimum absolute atomic E-state index is 0.0420. The van der Waals surface area contributed by atoms with Gasteiger partial charge in [-0.05, 0) is 25.0 Å². The van der Waals surface area contributed by atoms with Crippen molar-refractivity contribution in [2.24, 2.45) is 5.92 Å². The van der Waals surface area contributed by atoms with Crippen molar-refractivity contribution in [3.8, 4) is 0 Å². The van der Waals surface area contributed by atoms with Crippen LogP contribution < -0.4 is 10.6 Å². The van der Waals surface area contributed by atoms with E-state index in [1.54, 1.807) is 11.9 Å². The predicted octanol–water partition coefficient (Wildman–Crippen LogP) is 2.05. The molecule has 1 aliphatic rings. The standard InChI is InChI=1S/C14H20N2O2/c1-3-13-10(8-9-18-13)14(17)16(2)12-7-5-4-6-11(12)15/h4-7,10,13H,3,8-9,15H2,1-2H3. The fourth-order valence-corrected chi connectivity index (χ4v) is 2.49. The van der Waals surface area contributed by atoms with Crippen molar-refractivity contribution in [3.63, 3.8) is 0 Å². The summed E-state index contributed by atoms with van der Waals surface area (Å²) in [5, 5.41) is 0. The van der Waals surface area contributed by atoms with Crippen molar-refractivity contribution in [2.45, 2.75) is 25.9 Å². The number of nitrogen functional groups attached to an aromatic ring is 1. The molecule has 0 radical (unpaired) electrons. The maximum Gasteiger partial charge on any atom is 0.232 e. The molecular formula is C14H20N2O2. The van der Waals surface area contributed by atoms with E-state index in [4.69, 9.17) is 10.5 Å². The smallest absolute Gasteiger partial charge is 0.232 e. The molecule has 0 aliphatic carbocycles. The molecule has 1 aromatic rings. The van der Waals surface area contributed by atoms with Crippen LogP contribution in [0.25, 0.3) is 0 Å². The van der Waals surface area contributed by atoms with Gasteiger partial charge in [-0.15, -0.1) is 0 Å². The summed E-state index contributed by atoms with van der Waals surface area (Å²) in [6, 6.07) is 7.42. The minimum Gasteiger partial charge on any atom is -0.397 e. The van der Waals surface area contributed by atoms with E-state index in [0.29, 0.717) is 12.3 Å². The van der Waals surface area contributed by atoms with Gasteiger partial charge in [0, 0.05) is 13.7 Å². The topological polar surface area (TPSA) is 55.6 Å². The highest BCUT2D eigenvalue weighted by molar-refractivity contribution is 5.97. The van der Waals surface area contributed by atoms with Crippen LogP contribution >= 0.6 is 0 Å². The molecule has 2 N–H and O–H groups in total. The summed E-state index contributed by atoms with van der Waals surface area (Å²) in [4.78, 5) is 14.1. The number of carbonyl (C=O) groups excluding carboxylic acids is 1. The van der Waals surface area contributed by atoms with Crippen LogP contribution in [0.5, 0.6) is 0 Å². The Labute approximate surface area is 108 Å². The predicted molar refractivity (Wildman–Crippen MR) is 72.4 cm³/mol. The van der Waals surface area contributed by atoms with Crippen molar-refractivity contribution < 1.29 is 9.53 Å². The number of ether oxygens (including phenoxy) is 1. The Balaban J connectivity index is 2.16. The zero-order valence-electron chi connectivity index (χ0n) is 10.9. The number of nitrogens with two attached hydrogens (primary N) is 1. The second-order valence-electron chi connectivity index (χ2n) is 4.67. The Morgan fingerprint density at radius 3 is 2.89 bits per heavy atom. The molecule has 1 saturated heterocycles. The third-order valence-corrected chi connectivity index (χ3v) is 3.56. The Hall–Kier alpha value is -1.55. The highest BCUT2D eigenvalue weighted by atomic mass is 16.5. The Kier molecular flexibility index (Phi) is 3.87. The number of nitrogens with zero attached hydrogens (tertiary/aromatic N) is 1. The molecule has 0 bridgehead atoms. The summed E-state index contributed by atoms with van der Waals surface area (Å²) < 4.78 is 5.57. The highest BCUT2D eigenvalue weighted by Crippen LogP contribution is 2.29. The quantitative estimate of drug-likeness (QED) is 0.833. The van der Waals surface area contributed by atoms with Crippen LogP contribution in [0, 0.1) is 5.92 Å². The SMILES string of the molecule is CCC1OCCC1C(=O)N(C)c1ccccc1N. The number of amides is 1. The molecule has 98 valence electrons. The van der Waals surface area contributed by atoms with Crippen LogP contribution in [0.15, 0.2) is 24.3 Å². The lowest BCUT2D eigenvalue weighted by atomic mass is 9.98. The molecule has 2 rings (SSSR count). The van der Waals surface area contributed by atoms with Gasteiger partial charge in [-0.1, -0.05) is 19.1 Å². The summed E-state index contributed by atoms with van der Waals surface area (Å²) in [7, 11) is 1.78. The lowest BCUT2D eigenvalue weighted by molar-refractivity contribution is -0.123. The second kappa shape index (κ2) is 5.40. The van der Waals surface area contributed by atoms with Gasteiger partial charge in [-0.2, -0.15) is 0 Å². The minimum atomic E-state index is -0.0420. The molecule has 4 heteroatoms. The van der Waals surface area contributed by atoms with E-state index < -0.39 is 0 Å². The van der Waals surface area contributed by atoms with Crippen molar-refractivity contribution in [1.29, 1.82) is 0 Å². The summed E-state index contributed by atoms with van der Waals surface area (Å²) in [5.74, 6) is 0.0526. The number of rotatable bonds is 3. The summed E-state index contributed by atoms with van der Waals surface area (Å²) in [5.41, 5.74) is 7.29. The molecule has 18 heavy (non-hydrogen) atoms. The van der Waals surface area contributed by atoms with Crippen molar-refractivity contribution in [1.82, 2.24) is 0 Å². The molecule has 1 aromatic carbocycles. The molecule has 4 nitrogen and oxygen atoms in total. The monoisotopic (exact) mass is 248 g/mol. The molecule has 0 spiro atoms. The van der Waals surface area contributed by atoms with Gasteiger partial charge in [0.25, 0.3) is 0 Å². The number of hydrogen-bond acceptors (Lipinski definition) is 3. The van der Waals surface area contributed by atoms with Crippen molar-refractivity contribution in [2.75, 3.05) is 24.3 Å². The lowest BCUT2D eigenvalue weighted by Gasteiger charge is -2.24. The number of hydrogen-bond donors (Lipinski definition) is 1. The van der Waals surface area contributed by atoms with Crippen LogP contribution in [0.2, 0.25) is 0 Å². The largest absolute Gasteiger partial charge is 0.397 e. The first kappa shape index (κ1) is 12.9. The summed E-state index contributed by atoms with van der Waals surface area (Å²) >= 11 is 0. The first-order valence-electron chi connectivity index (χ1n) is 6.38. The van der Waals surface area contributed by atoms with E-state index in [0.717, 1.165) is 18.5 Å². The van der Waals surface area contributed by atoms with Crippen LogP contribution in [-0.2, 0) is 9.53 Å². The van der Waals surface area contributed by atoms with Gasteiger partial charge in [-0.3, -0.25) is 4.79 Å². The first-order valence-corrected chi connectivity index (χ1v) is 6.38. The molecule has 2 unspecified atom stereocenters. The maximum atomic E-state index is 12.5. The number of benzene rings is 1. The Morgan fingerprint density at radius 1 is 1.50 bits per heavy atom. The molecular weight excluding hydrogens is 228 g/mol. The molecule has 1 aliphatic heterocycles. The molecule has 2 atom stereocenters. The second-order valence-corrected chi connectivity index (χ2v) is 4.67. The molecule has 1 amide bonds. The third-order valence-electron chi connectivity index (χ3n) is 3.56. The van der Waals surface area contributed by atoms with Crippen molar-refractivity contribution in [3.05, 3.63) is 24.3 Å². The van der Waals surface area contributed by atoms with Crippen LogP contribution in [0.4, 0.5) is 11.4 Å². The van der Waals surface area contributed by atoms with Gasteiger partial charge in [0.05, 0.1) is 23.4 Å². The Morgan fingerprint density at radius 2 is 2.22 bits per heavy atom. The van der Waals surface area contributed by atoms with Gasteiger partial charge >= 0.3 is 0 Å². The molecule has 0 aromatic heterocycles. The number of para-hydroxylation sites is 2. The van der Waals surface area contributed by atoms with E-state index in [2.05, 4.69) is 0 Å². The van der Waals surface area contributed by atoms with Gasteiger partial charge < -0.3 is 15.4 Å². The third kappa shape index (κ3) is 2.34.